The highest BCUT2D eigenvalue weighted by molar-refractivity contribution is 9.11. The van der Waals surface area contributed by atoms with Gasteiger partial charge in [-0.05, 0) is 30.3 Å². The van der Waals surface area contributed by atoms with Crippen molar-refractivity contribution in [3.05, 3.63) is 62.5 Å². The van der Waals surface area contributed by atoms with Crippen LogP contribution in [0, 0.1) is 11.6 Å². The molecule has 0 aliphatic rings. The summed E-state index contributed by atoms with van der Waals surface area (Å²) >= 11 is 6.50. The van der Waals surface area contributed by atoms with Crippen molar-refractivity contribution >= 4 is 43.5 Å². The molecule has 0 saturated heterocycles. The summed E-state index contributed by atoms with van der Waals surface area (Å²) in [6, 6.07) is 8.53. The van der Waals surface area contributed by atoms with Crippen LogP contribution in [0.3, 0.4) is 0 Å². The second-order valence-electron chi connectivity index (χ2n) is 3.71. The van der Waals surface area contributed by atoms with Crippen LogP contribution in [0.5, 0.6) is 0 Å². The Bertz CT molecular complexity index is 626. The maximum Gasteiger partial charge on any atom is 0.255 e. The minimum Gasteiger partial charge on any atom is -0.319 e. The average molecular weight is 391 g/mol. The maximum absolute atomic E-state index is 13.4. The molecule has 1 N–H and O–H groups in total. The SMILES string of the molecule is O=C(Nc1cccc(F)c1F)c1cc(Br)cc(Br)c1. The second kappa shape index (κ2) is 5.79. The van der Waals surface area contributed by atoms with E-state index in [9.17, 15) is 13.6 Å². The van der Waals surface area contributed by atoms with Crippen molar-refractivity contribution in [1.82, 2.24) is 0 Å². The largest absolute Gasteiger partial charge is 0.319 e. The van der Waals surface area contributed by atoms with Crippen LogP contribution in [0.25, 0.3) is 0 Å². The summed E-state index contributed by atoms with van der Waals surface area (Å²) in [7, 11) is 0. The van der Waals surface area contributed by atoms with Gasteiger partial charge in [-0.15, -0.1) is 0 Å². The fourth-order valence-electron chi connectivity index (χ4n) is 1.48. The van der Waals surface area contributed by atoms with E-state index in [1.54, 1.807) is 18.2 Å². The van der Waals surface area contributed by atoms with E-state index in [2.05, 4.69) is 37.2 Å². The fraction of sp³-hybridized carbons (Fsp3) is 0. The lowest BCUT2D eigenvalue weighted by molar-refractivity contribution is 0.102. The van der Waals surface area contributed by atoms with Gasteiger partial charge in [0, 0.05) is 14.5 Å². The Morgan fingerprint density at radius 3 is 2.32 bits per heavy atom. The molecule has 0 atom stereocenters. The van der Waals surface area contributed by atoms with Gasteiger partial charge in [0.2, 0.25) is 0 Å². The number of benzene rings is 2. The van der Waals surface area contributed by atoms with Crippen molar-refractivity contribution in [2.75, 3.05) is 5.32 Å². The highest BCUT2D eigenvalue weighted by atomic mass is 79.9. The van der Waals surface area contributed by atoms with Crippen LogP contribution in [0.4, 0.5) is 14.5 Å². The van der Waals surface area contributed by atoms with Crippen LogP contribution in [-0.2, 0) is 0 Å². The fourth-order valence-corrected chi connectivity index (χ4v) is 2.77. The van der Waals surface area contributed by atoms with E-state index in [4.69, 9.17) is 0 Å². The minimum absolute atomic E-state index is 0.193. The van der Waals surface area contributed by atoms with E-state index in [0.29, 0.717) is 14.5 Å². The van der Waals surface area contributed by atoms with Crippen LogP contribution < -0.4 is 5.32 Å². The van der Waals surface area contributed by atoms with Crippen LogP contribution in [-0.4, -0.2) is 5.91 Å². The predicted octanol–water partition coefficient (Wildman–Crippen LogP) is 4.74. The van der Waals surface area contributed by atoms with Crippen LogP contribution >= 0.6 is 31.9 Å². The number of carbonyl (C=O) groups excluding carboxylic acids is 1. The van der Waals surface area contributed by atoms with Crippen LogP contribution in [0.15, 0.2) is 45.3 Å². The summed E-state index contributed by atoms with van der Waals surface area (Å²) in [5, 5.41) is 2.33. The van der Waals surface area contributed by atoms with E-state index in [1.165, 1.54) is 12.1 Å². The summed E-state index contributed by atoms with van der Waals surface area (Å²) in [4.78, 5) is 11.9. The van der Waals surface area contributed by atoms with E-state index >= 15 is 0 Å². The third kappa shape index (κ3) is 3.39. The molecule has 2 aromatic rings. The number of halogens is 4. The number of hydrogen-bond donors (Lipinski definition) is 1. The average Bonchev–Trinajstić information content (AvgIpc) is 2.33. The van der Waals surface area contributed by atoms with Gasteiger partial charge in [0.25, 0.3) is 5.91 Å². The monoisotopic (exact) mass is 389 g/mol. The molecule has 1 amide bonds. The Balaban J connectivity index is 2.28. The van der Waals surface area contributed by atoms with Gasteiger partial charge in [-0.3, -0.25) is 4.79 Å². The highest BCUT2D eigenvalue weighted by Gasteiger charge is 2.12. The Morgan fingerprint density at radius 2 is 1.68 bits per heavy atom. The molecule has 6 heteroatoms. The zero-order chi connectivity index (χ0) is 14.0. The molecule has 0 spiro atoms. The molecule has 0 saturated carbocycles. The summed E-state index contributed by atoms with van der Waals surface area (Å²) in [5.41, 5.74) is 0.131. The summed E-state index contributed by atoms with van der Waals surface area (Å²) in [6.45, 7) is 0. The molecule has 2 nitrogen and oxygen atoms in total. The Labute approximate surface area is 125 Å². The molecule has 2 aromatic carbocycles. The quantitative estimate of drug-likeness (QED) is 0.788. The molecule has 0 aromatic heterocycles. The lowest BCUT2D eigenvalue weighted by atomic mass is 10.2. The van der Waals surface area contributed by atoms with E-state index in [-0.39, 0.29) is 5.69 Å². The molecule has 0 heterocycles. The molecule has 2 rings (SSSR count). The highest BCUT2D eigenvalue weighted by Crippen LogP contribution is 2.22. The van der Waals surface area contributed by atoms with Crippen molar-refractivity contribution < 1.29 is 13.6 Å². The number of amides is 1. The minimum atomic E-state index is -1.08. The third-order valence-electron chi connectivity index (χ3n) is 2.32. The molecule has 19 heavy (non-hydrogen) atoms. The van der Waals surface area contributed by atoms with Gasteiger partial charge in [-0.25, -0.2) is 8.78 Å². The zero-order valence-corrected chi connectivity index (χ0v) is 12.6. The first-order chi connectivity index (χ1) is 8.97. The van der Waals surface area contributed by atoms with Gasteiger partial charge in [0.1, 0.15) is 0 Å². The molecule has 0 radical (unpaired) electrons. The van der Waals surface area contributed by atoms with Gasteiger partial charge in [-0.1, -0.05) is 37.9 Å². The predicted molar refractivity (Wildman–Crippen MR) is 76.2 cm³/mol. The molecule has 0 aliphatic carbocycles. The summed E-state index contributed by atoms with van der Waals surface area (Å²) in [6.07, 6.45) is 0. The summed E-state index contributed by atoms with van der Waals surface area (Å²) < 4.78 is 27.8. The van der Waals surface area contributed by atoms with Crippen molar-refractivity contribution in [2.24, 2.45) is 0 Å². The van der Waals surface area contributed by atoms with Gasteiger partial charge in [-0.2, -0.15) is 0 Å². The maximum atomic E-state index is 13.4. The molecular weight excluding hydrogens is 384 g/mol. The first kappa shape index (κ1) is 14.1. The molecule has 98 valence electrons. The number of carbonyl (C=O) groups is 1. The lowest BCUT2D eigenvalue weighted by Crippen LogP contribution is -2.13. The van der Waals surface area contributed by atoms with Crippen LogP contribution in [0.1, 0.15) is 10.4 Å². The van der Waals surface area contributed by atoms with E-state index < -0.39 is 17.5 Å². The smallest absolute Gasteiger partial charge is 0.255 e. The van der Waals surface area contributed by atoms with Gasteiger partial charge in [0.15, 0.2) is 11.6 Å². The summed E-state index contributed by atoms with van der Waals surface area (Å²) in [5.74, 6) is -2.61. The molecular formula is C13H7Br2F2NO. The van der Waals surface area contributed by atoms with E-state index in [1.807, 2.05) is 0 Å². The van der Waals surface area contributed by atoms with Gasteiger partial charge >= 0.3 is 0 Å². The van der Waals surface area contributed by atoms with Gasteiger partial charge < -0.3 is 5.32 Å². The Hall–Kier alpha value is -1.27. The van der Waals surface area contributed by atoms with Crippen molar-refractivity contribution in [1.29, 1.82) is 0 Å². The standard InChI is InChI=1S/C13H7Br2F2NO/c14-8-4-7(5-9(15)6-8)13(19)18-11-3-1-2-10(16)12(11)17/h1-6H,(H,18,19). The van der Waals surface area contributed by atoms with E-state index in [0.717, 1.165) is 6.07 Å². The topological polar surface area (TPSA) is 29.1 Å². The van der Waals surface area contributed by atoms with Gasteiger partial charge in [0.05, 0.1) is 5.69 Å². The second-order valence-corrected chi connectivity index (χ2v) is 5.54. The van der Waals surface area contributed by atoms with Crippen molar-refractivity contribution in [3.63, 3.8) is 0 Å². The lowest BCUT2D eigenvalue weighted by Gasteiger charge is -2.07. The number of anilines is 1. The van der Waals surface area contributed by atoms with Crippen LogP contribution in [0.2, 0.25) is 0 Å². The number of nitrogens with one attached hydrogen (secondary N) is 1. The normalized spacial score (nSPS) is 10.3. The first-order valence-corrected chi connectivity index (χ1v) is 6.77. The first-order valence-electron chi connectivity index (χ1n) is 5.19. The number of rotatable bonds is 2. The molecule has 0 unspecified atom stereocenters. The third-order valence-corrected chi connectivity index (χ3v) is 3.24. The molecule has 0 bridgehead atoms. The molecule has 0 aliphatic heterocycles. The van der Waals surface area contributed by atoms with Crippen molar-refractivity contribution in [2.45, 2.75) is 0 Å². The van der Waals surface area contributed by atoms with Crippen molar-refractivity contribution in [3.8, 4) is 0 Å². The Morgan fingerprint density at radius 1 is 1.05 bits per heavy atom. The molecule has 0 fully saturated rings. The zero-order valence-electron chi connectivity index (χ0n) is 9.38. The Kier molecular flexibility index (Phi) is 4.31. The number of hydrogen-bond acceptors (Lipinski definition) is 1.